The molecular weight excluding hydrogens is 346 g/mol. The molecule has 6 nitrogen and oxygen atoms in total. The zero-order valence-corrected chi connectivity index (χ0v) is 16.1. The van der Waals surface area contributed by atoms with Crippen LogP contribution < -0.4 is 0 Å². The van der Waals surface area contributed by atoms with Crippen LogP contribution in [0.2, 0.25) is 0 Å². The van der Waals surface area contributed by atoms with Crippen molar-refractivity contribution in [3.05, 3.63) is 35.9 Å². The van der Waals surface area contributed by atoms with Crippen LogP contribution in [-0.2, 0) is 25.6 Å². The van der Waals surface area contributed by atoms with E-state index in [1.54, 1.807) is 0 Å². The van der Waals surface area contributed by atoms with Crippen LogP contribution in [0.15, 0.2) is 30.3 Å². The summed E-state index contributed by atoms with van der Waals surface area (Å²) in [6.07, 6.45) is 4.84. The number of carbonyl (C=O) groups excluding carboxylic acids is 1. The van der Waals surface area contributed by atoms with Crippen LogP contribution in [-0.4, -0.2) is 55.3 Å². The maximum absolute atomic E-state index is 11.3. The predicted octanol–water partition coefficient (Wildman–Crippen LogP) is 3.03. The van der Waals surface area contributed by atoms with Crippen molar-refractivity contribution in [2.45, 2.75) is 50.9 Å². The number of carbonyl (C=O) groups is 1. The third-order valence-electron chi connectivity index (χ3n) is 5.65. The zero-order chi connectivity index (χ0) is 19.1. The lowest BCUT2D eigenvalue weighted by molar-refractivity contribution is -0.159. The first-order chi connectivity index (χ1) is 13.1. The Morgan fingerprint density at radius 1 is 1.15 bits per heavy atom. The van der Waals surface area contributed by atoms with Crippen molar-refractivity contribution in [2.75, 3.05) is 26.9 Å². The molecule has 2 fully saturated rings. The molecule has 2 saturated heterocycles. The molecule has 2 heterocycles. The number of benzene rings is 1. The number of ether oxygens (including phenoxy) is 3. The number of fused-ring (bicyclic) bond motifs is 2. The fourth-order valence-electron chi connectivity index (χ4n) is 4.20. The first-order valence-electron chi connectivity index (χ1n) is 9.95. The van der Waals surface area contributed by atoms with Gasteiger partial charge in [0.05, 0.1) is 25.4 Å². The number of amides is 1. The summed E-state index contributed by atoms with van der Waals surface area (Å²) in [5, 5.41) is 9.65. The molecule has 1 N–H and O–H groups in total. The average Bonchev–Trinajstić information content (AvgIpc) is 3.27. The fourth-order valence-corrected chi connectivity index (χ4v) is 4.20. The Balaban J connectivity index is 1.35. The SMILES string of the molecule is CN(O)C(=O)CCCOCCC1C2CCC(O2)C1COCc1ccccc1. The van der Waals surface area contributed by atoms with Gasteiger partial charge in [-0.3, -0.25) is 10.0 Å². The molecule has 2 bridgehead atoms. The van der Waals surface area contributed by atoms with Gasteiger partial charge in [-0.25, -0.2) is 5.06 Å². The molecular formula is C21H31NO5. The minimum absolute atomic E-state index is 0.282. The lowest BCUT2D eigenvalue weighted by atomic mass is 9.78. The molecule has 0 radical (unpaired) electrons. The Bertz CT molecular complexity index is 579. The number of hydroxylamine groups is 2. The van der Waals surface area contributed by atoms with E-state index >= 15 is 0 Å². The summed E-state index contributed by atoms with van der Waals surface area (Å²) in [5.74, 6) is 0.654. The van der Waals surface area contributed by atoms with Crippen molar-refractivity contribution < 1.29 is 24.2 Å². The molecule has 4 atom stereocenters. The van der Waals surface area contributed by atoms with Gasteiger partial charge in [0.1, 0.15) is 0 Å². The number of rotatable bonds is 11. The second kappa shape index (κ2) is 10.2. The molecule has 1 aromatic rings. The smallest absolute Gasteiger partial charge is 0.245 e. The first kappa shape index (κ1) is 20.3. The van der Waals surface area contributed by atoms with E-state index in [0.717, 1.165) is 25.9 Å². The van der Waals surface area contributed by atoms with Gasteiger partial charge in [-0.05, 0) is 37.2 Å². The Kier molecular flexibility index (Phi) is 7.64. The van der Waals surface area contributed by atoms with Crippen molar-refractivity contribution in [3.8, 4) is 0 Å². The normalized spacial score (nSPS) is 26.4. The second-order valence-corrected chi connectivity index (χ2v) is 7.54. The van der Waals surface area contributed by atoms with Gasteiger partial charge in [-0.2, -0.15) is 0 Å². The number of hydrogen-bond donors (Lipinski definition) is 1. The molecule has 150 valence electrons. The lowest BCUT2D eigenvalue weighted by Crippen LogP contribution is -2.31. The van der Waals surface area contributed by atoms with Crippen molar-refractivity contribution in [2.24, 2.45) is 11.8 Å². The first-order valence-corrected chi connectivity index (χ1v) is 9.95. The molecule has 0 spiro atoms. The summed E-state index contributed by atoms with van der Waals surface area (Å²) in [4.78, 5) is 11.3. The topological polar surface area (TPSA) is 68.2 Å². The van der Waals surface area contributed by atoms with Gasteiger partial charge >= 0.3 is 0 Å². The van der Waals surface area contributed by atoms with E-state index in [1.807, 2.05) is 18.2 Å². The van der Waals surface area contributed by atoms with E-state index in [-0.39, 0.29) is 5.91 Å². The van der Waals surface area contributed by atoms with Gasteiger partial charge in [0.2, 0.25) is 5.91 Å². The van der Waals surface area contributed by atoms with Crippen LogP contribution in [0.4, 0.5) is 0 Å². The highest BCUT2D eigenvalue weighted by atomic mass is 16.5. The molecule has 6 heteroatoms. The van der Waals surface area contributed by atoms with Crippen LogP contribution in [0.3, 0.4) is 0 Å². The molecule has 0 aromatic heterocycles. The number of nitrogens with zero attached hydrogens (tertiary/aromatic N) is 1. The predicted molar refractivity (Wildman–Crippen MR) is 100 cm³/mol. The summed E-state index contributed by atoms with van der Waals surface area (Å²) in [6, 6.07) is 10.3. The van der Waals surface area contributed by atoms with Crippen LogP contribution in [0, 0.1) is 11.8 Å². The summed E-state index contributed by atoms with van der Waals surface area (Å²) in [5.41, 5.74) is 1.20. The third-order valence-corrected chi connectivity index (χ3v) is 5.65. The van der Waals surface area contributed by atoms with Gasteiger partial charge in [0.15, 0.2) is 0 Å². The minimum Gasteiger partial charge on any atom is -0.381 e. The van der Waals surface area contributed by atoms with Gasteiger partial charge < -0.3 is 14.2 Å². The van der Waals surface area contributed by atoms with E-state index in [1.165, 1.54) is 12.6 Å². The van der Waals surface area contributed by atoms with Gasteiger partial charge in [-0.15, -0.1) is 0 Å². The molecule has 0 saturated carbocycles. The van der Waals surface area contributed by atoms with Crippen molar-refractivity contribution in [1.82, 2.24) is 5.06 Å². The fraction of sp³-hybridized carbons (Fsp3) is 0.667. The molecule has 27 heavy (non-hydrogen) atoms. The number of hydrogen-bond acceptors (Lipinski definition) is 5. The maximum Gasteiger partial charge on any atom is 0.245 e. The third kappa shape index (κ3) is 5.75. The zero-order valence-electron chi connectivity index (χ0n) is 16.1. The molecule has 1 amide bonds. The summed E-state index contributed by atoms with van der Waals surface area (Å²) in [7, 11) is 1.35. The Morgan fingerprint density at radius 3 is 2.63 bits per heavy atom. The Hall–Kier alpha value is -1.47. The quantitative estimate of drug-likeness (QED) is 0.365. The van der Waals surface area contributed by atoms with Crippen molar-refractivity contribution in [3.63, 3.8) is 0 Å². The minimum atomic E-state index is -0.282. The van der Waals surface area contributed by atoms with E-state index < -0.39 is 0 Å². The highest BCUT2D eigenvalue weighted by molar-refractivity contribution is 5.74. The average molecular weight is 377 g/mol. The highest BCUT2D eigenvalue weighted by Gasteiger charge is 2.48. The van der Waals surface area contributed by atoms with Gasteiger partial charge in [0, 0.05) is 32.6 Å². The van der Waals surface area contributed by atoms with E-state index in [9.17, 15) is 4.79 Å². The van der Waals surface area contributed by atoms with Crippen molar-refractivity contribution >= 4 is 5.91 Å². The molecule has 4 unspecified atom stereocenters. The Morgan fingerprint density at radius 2 is 1.89 bits per heavy atom. The summed E-state index contributed by atoms with van der Waals surface area (Å²) >= 11 is 0. The van der Waals surface area contributed by atoms with Crippen LogP contribution in [0.5, 0.6) is 0 Å². The monoisotopic (exact) mass is 377 g/mol. The van der Waals surface area contributed by atoms with Crippen LogP contribution in [0.25, 0.3) is 0 Å². The largest absolute Gasteiger partial charge is 0.381 e. The van der Waals surface area contributed by atoms with Crippen LogP contribution >= 0.6 is 0 Å². The van der Waals surface area contributed by atoms with Crippen molar-refractivity contribution in [1.29, 1.82) is 0 Å². The molecule has 2 aliphatic heterocycles. The molecule has 1 aromatic carbocycles. The standard InChI is InChI=1S/C21H31NO5/c1-22(24)21(23)8-5-12-25-13-11-17-18(20-10-9-19(17)27-20)15-26-14-16-6-3-2-4-7-16/h2-4,6-7,17-20,24H,5,8-15H2,1H3. The molecule has 3 rings (SSSR count). The van der Waals surface area contributed by atoms with Crippen LogP contribution in [0.1, 0.15) is 37.7 Å². The molecule has 0 aliphatic carbocycles. The maximum atomic E-state index is 11.3. The summed E-state index contributed by atoms with van der Waals surface area (Å²) in [6.45, 7) is 2.59. The lowest BCUT2D eigenvalue weighted by Gasteiger charge is -2.27. The second-order valence-electron chi connectivity index (χ2n) is 7.54. The highest BCUT2D eigenvalue weighted by Crippen LogP contribution is 2.45. The van der Waals surface area contributed by atoms with Gasteiger partial charge in [0.25, 0.3) is 0 Å². The molecule has 2 aliphatic rings. The Labute approximate surface area is 161 Å². The van der Waals surface area contributed by atoms with E-state index in [4.69, 9.17) is 19.4 Å². The van der Waals surface area contributed by atoms with E-state index in [2.05, 4.69) is 12.1 Å². The van der Waals surface area contributed by atoms with Gasteiger partial charge in [-0.1, -0.05) is 30.3 Å². The summed E-state index contributed by atoms with van der Waals surface area (Å²) < 4.78 is 17.8. The van der Waals surface area contributed by atoms with E-state index in [0.29, 0.717) is 61.8 Å².